The maximum Gasteiger partial charge on any atom is 0.284 e. The summed E-state index contributed by atoms with van der Waals surface area (Å²) in [5.41, 5.74) is 2.29. The minimum Gasteiger partial charge on any atom is -0.396 e. The summed E-state index contributed by atoms with van der Waals surface area (Å²) in [5, 5.41) is 12.0. The highest BCUT2D eigenvalue weighted by atomic mass is 35.5. The van der Waals surface area contributed by atoms with Crippen LogP contribution in [0, 0.1) is 4.64 Å². The van der Waals surface area contributed by atoms with Crippen molar-refractivity contribution in [2.45, 2.75) is 52.0 Å². The van der Waals surface area contributed by atoms with Crippen molar-refractivity contribution in [2.24, 2.45) is 0 Å². The van der Waals surface area contributed by atoms with Crippen LogP contribution in [-0.4, -0.2) is 21.5 Å². The number of aryl methyl sites for hydroxylation is 1. The van der Waals surface area contributed by atoms with E-state index in [0.717, 1.165) is 24.8 Å². The first-order chi connectivity index (χ1) is 11.7. The number of aromatic nitrogens is 2. The van der Waals surface area contributed by atoms with Crippen LogP contribution in [0.15, 0.2) is 29.1 Å². The second kappa shape index (κ2) is 8.30. The minimum atomic E-state index is -0.414. The molecule has 2 N–H and O–H groups in total. The monoisotopic (exact) mass is 380 g/mol. The molecule has 0 bridgehead atoms. The summed E-state index contributed by atoms with van der Waals surface area (Å²) in [6, 6.07) is 8.22. The molecule has 25 heavy (non-hydrogen) atoms. The second-order valence-corrected chi connectivity index (χ2v) is 8.01. The molecular formula is C19H25ClN2O2S. The highest BCUT2D eigenvalue weighted by Crippen LogP contribution is 2.19. The Balaban J connectivity index is 2.25. The highest BCUT2D eigenvalue weighted by molar-refractivity contribution is 7.71. The maximum absolute atomic E-state index is 12.5. The number of nitrogens with one attached hydrogen (secondary N) is 1. The Hall–Kier alpha value is -1.43. The van der Waals surface area contributed by atoms with Gasteiger partial charge in [0, 0.05) is 18.6 Å². The molecule has 0 radical (unpaired) electrons. The third-order valence-electron chi connectivity index (χ3n) is 4.09. The molecule has 0 saturated heterocycles. The third-order valence-corrected chi connectivity index (χ3v) is 4.82. The van der Waals surface area contributed by atoms with Gasteiger partial charge in [0.05, 0.1) is 5.54 Å². The van der Waals surface area contributed by atoms with Crippen LogP contribution >= 0.6 is 23.8 Å². The average molecular weight is 381 g/mol. The first-order valence-electron chi connectivity index (χ1n) is 8.47. The number of benzene rings is 1. The lowest BCUT2D eigenvalue weighted by Gasteiger charge is -2.23. The van der Waals surface area contributed by atoms with Gasteiger partial charge in [-0.15, -0.1) is 0 Å². The lowest BCUT2D eigenvalue weighted by molar-refractivity contribution is 0.284. The summed E-state index contributed by atoms with van der Waals surface area (Å²) in [4.78, 5) is 12.5. The Morgan fingerprint density at radius 3 is 2.32 bits per heavy atom. The number of hydrogen-bond acceptors (Lipinski definition) is 3. The van der Waals surface area contributed by atoms with Crippen LogP contribution in [-0.2, 0) is 18.4 Å². The average Bonchev–Trinajstić information content (AvgIpc) is 2.55. The van der Waals surface area contributed by atoms with Gasteiger partial charge in [-0.05, 0) is 51.2 Å². The number of unbranched alkanes of at least 4 members (excludes halogenated alkanes) is 1. The minimum absolute atomic E-state index is 0.186. The molecule has 0 aliphatic heterocycles. The van der Waals surface area contributed by atoms with Gasteiger partial charge in [-0.3, -0.25) is 9.89 Å². The lowest BCUT2D eigenvalue weighted by Crippen LogP contribution is -2.37. The van der Waals surface area contributed by atoms with Gasteiger partial charge in [0.15, 0.2) is 0 Å². The molecule has 2 aromatic rings. The first-order valence-corrected chi connectivity index (χ1v) is 9.25. The molecule has 0 atom stereocenters. The van der Waals surface area contributed by atoms with Crippen molar-refractivity contribution in [3.05, 3.63) is 61.0 Å². The van der Waals surface area contributed by atoms with Crippen molar-refractivity contribution in [2.75, 3.05) is 6.61 Å². The van der Waals surface area contributed by atoms with Crippen LogP contribution in [0.1, 0.15) is 50.3 Å². The Morgan fingerprint density at radius 2 is 1.76 bits per heavy atom. The molecule has 0 unspecified atom stereocenters. The molecule has 0 saturated carbocycles. The molecule has 0 aliphatic carbocycles. The van der Waals surface area contributed by atoms with E-state index >= 15 is 0 Å². The second-order valence-electron chi connectivity index (χ2n) is 7.22. The van der Waals surface area contributed by atoms with Crippen LogP contribution < -0.4 is 5.56 Å². The summed E-state index contributed by atoms with van der Waals surface area (Å²) >= 11 is 11.8. The van der Waals surface area contributed by atoms with Crippen molar-refractivity contribution >= 4 is 23.8 Å². The molecule has 0 fully saturated rings. The fourth-order valence-electron chi connectivity index (χ4n) is 2.65. The number of nitrogens with zero attached hydrogens (tertiary/aromatic N) is 1. The molecular weight excluding hydrogens is 356 g/mol. The fraction of sp³-hybridized carbons (Fsp3) is 0.474. The number of aromatic amines is 1. The van der Waals surface area contributed by atoms with Crippen LogP contribution in [0.4, 0.5) is 0 Å². The topological polar surface area (TPSA) is 58.0 Å². The van der Waals surface area contributed by atoms with E-state index < -0.39 is 5.54 Å². The van der Waals surface area contributed by atoms with E-state index in [1.165, 1.54) is 10.2 Å². The van der Waals surface area contributed by atoms with Gasteiger partial charge in [0.25, 0.3) is 5.56 Å². The lowest BCUT2D eigenvalue weighted by atomic mass is 10.0. The smallest absolute Gasteiger partial charge is 0.284 e. The predicted octanol–water partition coefficient (Wildman–Crippen LogP) is 4.22. The number of rotatable bonds is 6. The van der Waals surface area contributed by atoms with E-state index in [1.54, 1.807) is 0 Å². The van der Waals surface area contributed by atoms with Gasteiger partial charge in [0.2, 0.25) is 0 Å². The summed E-state index contributed by atoms with van der Waals surface area (Å²) in [7, 11) is 0. The van der Waals surface area contributed by atoms with Gasteiger partial charge in [-0.2, -0.15) is 0 Å². The summed E-state index contributed by atoms with van der Waals surface area (Å²) in [5.74, 6) is 0. The first kappa shape index (κ1) is 19.9. The zero-order valence-corrected chi connectivity index (χ0v) is 16.5. The number of H-pyrrole nitrogens is 1. The number of halogens is 1. The zero-order valence-electron chi connectivity index (χ0n) is 14.9. The normalized spacial score (nSPS) is 11.7. The van der Waals surface area contributed by atoms with Crippen LogP contribution in [0.5, 0.6) is 0 Å². The number of aliphatic hydroxyl groups is 1. The van der Waals surface area contributed by atoms with Gasteiger partial charge in [-0.1, -0.05) is 48.1 Å². The molecule has 136 valence electrons. The third kappa shape index (κ3) is 5.03. The number of aliphatic hydroxyl groups excluding tert-OH is 1. The van der Waals surface area contributed by atoms with Crippen LogP contribution in [0.25, 0.3) is 0 Å². The molecule has 0 aliphatic rings. The van der Waals surface area contributed by atoms with Crippen molar-refractivity contribution in [3.8, 4) is 0 Å². The molecule has 1 aromatic carbocycles. The van der Waals surface area contributed by atoms with E-state index in [-0.39, 0.29) is 17.2 Å². The van der Waals surface area contributed by atoms with Crippen molar-refractivity contribution in [3.63, 3.8) is 0 Å². The Bertz CT molecular complexity index is 832. The van der Waals surface area contributed by atoms with Gasteiger partial charge in [-0.25, -0.2) is 4.68 Å². The van der Waals surface area contributed by atoms with Crippen molar-refractivity contribution in [1.82, 2.24) is 9.78 Å². The quantitative estimate of drug-likeness (QED) is 0.582. The summed E-state index contributed by atoms with van der Waals surface area (Å²) < 4.78 is 1.97. The zero-order chi connectivity index (χ0) is 18.6. The van der Waals surface area contributed by atoms with Gasteiger partial charge in [0.1, 0.15) is 9.66 Å². The van der Waals surface area contributed by atoms with Gasteiger partial charge >= 0.3 is 0 Å². The molecule has 1 aromatic heterocycles. The van der Waals surface area contributed by atoms with E-state index in [1.807, 2.05) is 32.9 Å². The molecule has 4 nitrogen and oxygen atoms in total. The van der Waals surface area contributed by atoms with E-state index in [4.69, 9.17) is 28.9 Å². The largest absolute Gasteiger partial charge is 0.396 e. The molecule has 1 heterocycles. The van der Waals surface area contributed by atoms with Crippen LogP contribution in [0.3, 0.4) is 0 Å². The standard InChI is InChI=1S/C19H25ClN2O2S/c1-19(2,3)22-18(24)16(20)15(17(25)21-22)12-14-9-7-13(8-10-14)6-4-5-11-23/h7-10,23H,4-6,11-12H2,1-3H3,(H,21,25). The Labute approximate surface area is 158 Å². The van der Waals surface area contributed by atoms with E-state index in [9.17, 15) is 4.79 Å². The fourth-order valence-corrected chi connectivity index (χ4v) is 3.21. The predicted molar refractivity (Wildman–Crippen MR) is 105 cm³/mol. The molecule has 0 amide bonds. The highest BCUT2D eigenvalue weighted by Gasteiger charge is 2.19. The molecule has 2 rings (SSSR count). The maximum atomic E-state index is 12.5. The van der Waals surface area contributed by atoms with Gasteiger partial charge < -0.3 is 5.11 Å². The summed E-state index contributed by atoms with van der Waals surface area (Å²) in [6.07, 6.45) is 3.25. The Kier molecular flexibility index (Phi) is 6.60. The SMILES string of the molecule is CC(C)(C)n1[nH]c(=S)c(Cc2ccc(CCCCO)cc2)c(Cl)c1=O. The molecule has 6 heteroatoms. The van der Waals surface area contributed by atoms with Crippen molar-refractivity contribution < 1.29 is 5.11 Å². The molecule has 0 spiro atoms. The summed E-state index contributed by atoms with van der Waals surface area (Å²) in [6.45, 7) is 6.00. The van der Waals surface area contributed by atoms with Crippen LogP contribution in [0.2, 0.25) is 5.02 Å². The Morgan fingerprint density at radius 1 is 1.16 bits per heavy atom. The van der Waals surface area contributed by atoms with Crippen molar-refractivity contribution in [1.29, 1.82) is 0 Å². The van der Waals surface area contributed by atoms with E-state index in [2.05, 4.69) is 17.2 Å². The van der Waals surface area contributed by atoms with E-state index in [0.29, 0.717) is 16.6 Å². The number of hydrogen-bond donors (Lipinski definition) is 2.